The summed E-state index contributed by atoms with van der Waals surface area (Å²) in [6.45, 7) is 14.1. The first-order valence-corrected chi connectivity index (χ1v) is 5.18. The second-order valence-electron chi connectivity index (χ2n) is 5.63. The van der Waals surface area contributed by atoms with Gasteiger partial charge in [0.2, 0.25) is 0 Å². The van der Waals surface area contributed by atoms with Gasteiger partial charge in [-0.05, 0) is 18.3 Å². The average Bonchev–Trinajstić information content (AvgIpc) is 1.94. The summed E-state index contributed by atoms with van der Waals surface area (Å²) in [5, 5.41) is 3.24. The van der Waals surface area contributed by atoms with Crippen molar-refractivity contribution in [1.82, 2.24) is 5.32 Å². The molecule has 1 saturated heterocycles. The predicted octanol–water partition coefficient (Wildman–Crippen LogP) is 2.05. The molecule has 0 aromatic carbocycles. The molecule has 1 aliphatic heterocycles. The number of nitrogens with one attached hydrogen (secondary N) is 1. The molecule has 1 N–H and O–H groups in total. The fraction of sp³-hybridized carbons (Fsp3) is 1.00. The minimum absolute atomic E-state index is 0.111. The van der Waals surface area contributed by atoms with Crippen LogP contribution >= 0.6 is 0 Å². The molecular weight excluding hydrogens is 162 g/mol. The van der Waals surface area contributed by atoms with Gasteiger partial charge in [0, 0.05) is 13.1 Å². The van der Waals surface area contributed by atoms with E-state index in [1.807, 2.05) is 0 Å². The molecule has 1 aliphatic rings. The third kappa shape index (κ3) is 2.96. The highest BCUT2D eigenvalue weighted by molar-refractivity contribution is 4.90. The van der Waals surface area contributed by atoms with Crippen LogP contribution < -0.4 is 5.32 Å². The van der Waals surface area contributed by atoms with Crippen molar-refractivity contribution >= 4 is 0 Å². The van der Waals surface area contributed by atoms with E-state index in [1.165, 1.54) is 0 Å². The summed E-state index contributed by atoms with van der Waals surface area (Å²) >= 11 is 0. The molecule has 1 fully saturated rings. The van der Waals surface area contributed by atoms with Crippen molar-refractivity contribution in [2.45, 2.75) is 40.2 Å². The summed E-state index contributed by atoms with van der Waals surface area (Å²) in [7, 11) is 0. The molecule has 78 valence electrons. The fourth-order valence-electron chi connectivity index (χ4n) is 1.16. The summed E-state index contributed by atoms with van der Waals surface area (Å²) in [5.74, 6) is 0.616. The number of rotatable bonds is 3. The van der Waals surface area contributed by atoms with Gasteiger partial charge < -0.3 is 10.1 Å². The van der Waals surface area contributed by atoms with Gasteiger partial charge in [-0.15, -0.1) is 0 Å². The van der Waals surface area contributed by atoms with Gasteiger partial charge in [-0.25, -0.2) is 0 Å². The Labute approximate surface area is 82.0 Å². The highest BCUT2D eigenvalue weighted by atomic mass is 16.5. The van der Waals surface area contributed by atoms with E-state index >= 15 is 0 Å². The summed E-state index contributed by atoms with van der Waals surface area (Å²) < 4.78 is 5.89. The monoisotopic (exact) mass is 185 g/mol. The third-order valence-corrected chi connectivity index (χ3v) is 3.16. The van der Waals surface area contributed by atoms with E-state index < -0.39 is 0 Å². The van der Waals surface area contributed by atoms with Gasteiger partial charge in [-0.3, -0.25) is 0 Å². The average molecular weight is 185 g/mol. The minimum atomic E-state index is 0.111. The molecule has 0 aromatic rings. The van der Waals surface area contributed by atoms with Crippen LogP contribution in [0.15, 0.2) is 0 Å². The van der Waals surface area contributed by atoms with Crippen molar-refractivity contribution < 1.29 is 4.74 Å². The molecule has 0 amide bonds. The van der Waals surface area contributed by atoms with Crippen molar-refractivity contribution in [1.29, 1.82) is 0 Å². The van der Waals surface area contributed by atoms with E-state index in [-0.39, 0.29) is 5.60 Å². The molecule has 0 aliphatic carbocycles. The molecule has 1 atom stereocenters. The molecule has 1 rings (SSSR count). The van der Waals surface area contributed by atoms with Crippen molar-refractivity contribution in [3.05, 3.63) is 0 Å². The Balaban J connectivity index is 2.26. The van der Waals surface area contributed by atoms with Crippen LogP contribution in [0.4, 0.5) is 0 Å². The number of hydrogen-bond donors (Lipinski definition) is 1. The van der Waals surface area contributed by atoms with Crippen molar-refractivity contribution in [2.75, 3.05) is 19.7 Å². The summed E-state index contributed by atoms with van der Waals surface area (Å²) in [6.07, 6.45) is 0. The van der Waals surface area contributed by atoms with E-state index in [0.717, 1.165) is 19.7 Å². The van der Waals surface area contributed by atoms with E-state index in [2.05, 4.69) is 39.9 Å². The lowest BCUT2D eigenvalue weighted by Gasteiger charge is -2.41. The standard InChI is InChI=1S/C11H23NO/c1-9(10(2,3)4)6-13-11(5)7-12-8-11/h9,12H,6-8H2,1-5H3. The van der Waals surface area contributed by atoms with E-state index in [4.69, 9.17) is 4.74 Å². The Morgan fingerprint density at radius 2 is 1.92 bits per heavy atom. The maximum Gasteiger partial charge on any atom is 0.0901 e. The van der Waals surface area contributed by atoms with Crippen molar-refractivity contribution in [3.63, 3.8) is 0 Å². The van der Waals surface area contributed by atoms with Gasteiger partial charge in [0.25, 0.3) is 0 Å². The molecule has 0 saturated carbocycles. The Morgan fingerprint density at radius 3 is 2.23 bits per heavy atom. The zero-order valence-electron chi connectivity index (χ0n) is 9.61. The smallest absolute Gasteiger partial charge is 0.0901 e. The molecule has 1 heterocycles. The van der Waals surface area contributed by atoms with Gasteiger partial charge in [-0.2, -0.15) is 0 Å². The highest BCUT2D eigenvalue weighted by Gasteiger charge is 2.33. The second kappa shape index (κ2) is 3.58. The van der Waals surface area contributed by atoms with Gasteiger partial charge in [0.05, 0.1) is 12.2 Å². The molecule has 13 heavy (non-hydrogen) atoms. The highest BCUT2D eigenvalue weighted by Crippen LogP contribution is 2.27. The first kappa shape index (κ1) is 11.0. The fourth-order valence-corrected chi connectivity index (χ4v) is 1.16. The SMILES string of the molecule is CC(COC1(C)CNC1)C(C)(C)C. The molecule has 0 aromatic heterocycles. The Kier molecular flexibility index (Phi) is 3.03. The third-order valence-electron chi connectivity index (χ3n) is 3.16. The van der Waals surface area contributed by atoms with Gasteiger partial charge in [0.1, 0.15) is 0 Å². The van der Waals surface area contributed by atoms with Gasteiger partial charge in [-0.1, -0.05) is 27.7 Å². The summed E-state index contributed by atoms with van der Waals surface area (Å²) in [4.78, 5) is 0. The maximum atomic E-state index is 5.89. The maximum absolute atomic E-state index is 5.89. The van der Waals surface area contributed by atoms with Crippen LogP contribution in [0, 0.1) is 11.3 Å². The molecule has 0 bridgehead atoms. The zero-order valence-corrected chi connectivity index (χ0v) is 9.61. The molecular formula is C11H23NO. The molecule has 0 spiro atoms. The van der Waals surface area contributed by atoms with Crippen LogP contribution in [0.2, 0.25) is 0 Å². The lowest BCUT2D eigenvalue weighted by molar-refractivity contribution is -0.0892. The molecule has 1 unspecified atom stereocenters. The minimum Gasteiger partial charge on any atom is -0.372 e. The van der Waals surface area contributed by atoms with Crippen molar-refractivity contribution in [3.8, 4) is 0 Å². The number of ether oxygens (including phenoxy) is 1. The summed E-state index contributed by atoms with van der Waals surface area (Å²) in [6, 6.07) is 0. The van der Waals surface area contributed by atoms with Crippen LogP contribution in [0.25, 0.3) is 0 Å². The van der Waals surface area contributed by atoms with E-state index in [1.54, 1.807) is 0 Å². The zero-order chi connectivity index (χ0) is 10.1. The molecule has 2 heteroatoms. The lowest BCUT2D eigenvalue weighted by atomic mass is 9.82. The van der Waals surface area contributed by atoms with Crippen LogP contribution in [0.1, 0.15) is 34.6 Å². The van der Waals surface area contributed by atoms with Crippen LogP contribution in [-0.2, 0) is 4.74 Å². The molecule has 0 radical (unpaired) electrons. The van der Waals surface area contributed by atoms with Gasteiger partial charge in [0.15, 0.2) is 0 Å². The largest absolute Gasteiger partial charge is 0.372 e. The normalized spacial score (nSPS) is 23.8. The van der Waals surface area contributed by atoms with Gasteiger partial charge >= 0.3 is 0 Å². The second-order valence-corrected chi connectivity index (χ2v) is 5.63. The Bertz CT molecular complexity index is 167. The lowest BCUT2D eigenvalue weighted by Crippen LogP contribution is -2.59. The van der Waals surface area contributed by atoms with E-state index in [9.17, 15) is 0 Å². The predicted molar refractivity (Wildman–Crippen MR) is 55.8 cm³/mol. The molecule has 2 nitrogen and oxygen atoms in total. The first-order chi connectivity index (χ1) is 5.83. The first-order valence-electron chi connectivity index (χ1n) is 5.18. The van der Waals surface area contributed by atoms with Crippen molar-refractivity contribution in [2.24, 2.45) is 11.3 Å². The van der Waals surface area contributed by atoms with Crippen LogP contribution in [0.5, 0.6) is 0 Å². The van der Waals surface area contributed by atoms with E-state index in [0.29, 0.717) is 11.3 Å². The van der Waals surface area contributed by atoms with Crippen LogP contribution in [0.3, 0.4) is 0 Å². The topological polar surface area (TPSA) is 21.3 Å². The Morgan fingerprint density at radius 1 is 1.38 bits per heavy atom. The number of hydrogen-bond acceptors (Lipinski definition) is 2. The summed E-state index contributed by atoms with van der Waals surface area (Å²) in [5.41, 5.74) is 0.465. The quantitative estimate of drug-likeness (QED) is 0.726. The Hall–Kier alpha value is -0.0800. The van der Waals surface area contributed by atoms with Crippen LogP contribution in [-0.4, -0.2) is 25.3 Å².